The Labute approximate surface area is 109 Å². The molecule has 0 spiro atoms. The van der Waals surface area contributed by atoms with Crippen molar-refractivity contribution in [1.82, 2.24) is 15.3 Å². The molecular weight excluding hydrogens is 226 g/mol. The molecule has 1 heterocycles. The molecule has 0 atom stereocenters. The molecule has 4 heteroatoms. The second-order valence-electron chi connectivity index (χ2n) is 6.16. The van der Waals surface area contributed by atoms with Crippen LogP contribution in [0.3, 0.4) is 0 Å². The van der Waals surface area contributed by atoms with Gasteiger partial charge < -0.3 is 10.4 Å². The van der Waals surface area contributed by atoms with Crippen LogP contribution >= 0.6 is 0 Å². The minimum Gasteiger partial charge on any atom is -0.389 e. The van der Waals surface area contributed by atoms with Gasteiger partial charge in [0.25, 0.3) is 0 Å². The normalized spacial score (nSPS) is 21.7. The first-order valence-corrected chi connectivity index (χ1v) is 6.68. The summed E-state index contributed by atoms with van der Waals surface area (Å²) in [6.45, 7) is 5.80. The molecule has 2 N–H and O–H groups in total. The minimum absolute atomic E-state index is 0.384. The fraction of sp³-hybridized carbons (Fsp3) is 0.714. The molecule has 1 saturated carbocycles. The lowest BCUT2D eigenvalue weighted by molar-refractivity contribution is -0.0246. The predicted octanol–water partition coefficient (Wildman–Crippen LogP) is 1.90. The third-order valence-electron chi connectivity index (χ3n) is 3.89. The maximum absolute atomic E-state index is 10.5. The smallest absolute Gasteiger partial charge is 0.141 e. The molecule has 1 aromatic rings. The van der Waals surface area contributed by atoms with Gasteiger partial charge in [0.1, 0.15) is 5.82 Å². The van der Waals surface area contributed by atoms with Gasteiger partial charge in [0.15, 0.2) is 0 Å². The summed E-state index contributed by atoms with van der Waals surface area (Å²) < 4.78 is 0. The topological polar surface area (TPSA) is 58.0 Å². The van der Waals surface area contributed by atoms with Crippen LogP contribution in [-0.2, 0) is 6.54 Å². The SMILES string of the molecule is CC1(C)CCC(O)(CNCc2ncccn2)CC1. The monoisotopic (exact) mass is 249 g/mol. The van der Waals surface area contributed by atoms with E-state index in [1.165, 1.54) is 0 Å². The summed E-state index contributed by atoms with van der Waals surface area (Å²) in [6, 6.07) is 1.81. The summed E-state index contributed by atoms with van der Waals surface area (Å²) in [5, 5.41) is 13.7. The average molecular weight is 249 g/mol. The van der Waals surface area contributed by atoms with Crippen molar-refractivity contribution in [3.05, 3.63) is 24.3 Å². The van der Waals surface area contributed by atoms with Crippen LogP contribution in [0.4, 0.5) is 0 Å². The molecule has 18 heavy (non-hydrogen) atoms. The van der Waals surface area contributed by atoms with Crippen molar-refractivity contribution in [2.75, 3.05) is 6.54 Å². The molecule has 1 aliphatic carbocycles. The van der Waals surface area contributed by atoms with Crippen molar-refractivity contribution in [2.24, 2.45) is 5.41 Å². The van der Waals surface area contributed by atoms with Crippen LogP contribution in [0, 0.1) is 5.41 Å². The van der Waals surface area contributed by atoms with Crippen LogP contribution in [0.25, 0.3) is 0 Å². The van der Waals surface area contributed by atoms with Gasteiger partial charge in [-0.3, -0.25) is 0 Å². The van der Waals surface area contributed by atoms with E-state index in [0.717, 1.165) is 31.5 Å². The highest BCUT2D eigenvalue weighted by Gasteiger charge is 2.36. The maximum Gasteiger partial charge on any atom is 0.141 e. The molecule has 4 nitrogen and oxygen atoms in total. The molecule has 0 amide bonds. The molecule has 1 fully saturated rings. The lowest BCUT2D eigenvalue weighted by atomic mass is 9.71. The van der Waals surface area contributed by atoms with E-state index in [0.29, 0.717) is 18.5 Å². The molecule has 1 aromatic heterocycles. The van der Waals surface area contributed by atoms with Crippen molar-refractivity contribution in [1.29, 1.82) is 0 Å². The van der Waals surface area contributed by atoms with Crippen molar-refractivity contribution in [3.8, 4) is 0 Å². The number of aliphatic hydroxyl groups is 1. The van der Waals surface area contributed by atoms with E-state index in [4.69, 9.17) is 0 Å². The molecule has 100 valence electrons. The van der Waals surface area contributed by atoms with Crippen molar-refractivity contribution < 1.29 is 5.11 Å². The highest BCUT2D eigenvalue weighted by atomic mass is 16.3. The Balaban J connectivity index is 1.77. The number of hydrogen-bond acceptors (Lipinski definition) is 4. The Hall–Kier alpha value is -1.00. The molecule has 0 bridgehead atoms. The zero-order chi connectivity index (χ0) is 13.1. The first-order valence-electron chi connectivity index (χ1n) is 6.68. The second-order valence-corrected chi connectivity index (χ2v) is 6.16. The van der Waals surface area contributed by atoms with E-state index < -0.39 is 5.60 Å². The molecule has 0 aliphatic heterocycles. The first kappa shape index (κ1) is 13.4. The third kappa shape index (κ3) is 3.75. The van der Waals surface area contributed by atoms with Gasteiger partial charge >= 0.3 is 0 Å². The third-order valence-corrected chi connectivity index (χ3v) is 3.89. The first-order chi connectivity index (χ1) is 8.49. The number of nitrogens with one attached hydrogen (secondary N) is 1. The maximum atomic E-state index is 10.5. The summed E-state index contributed by atoms with van der Waals surface area (Å²) >= 11 is 0. The molecule has 0 aromatic carbocycles. The summed E-state index contributed by atoms with van der Waals surface area (Å²) in [5.74, 6) is 0.775. The Morgan fingerprint density at radius 2 is 1.78 bits per heavy atom. The van der Waals surface area contributed by atoms with E-state index >= 15 is 0 Å². The summed E-state index contributed by atoms with van der Waals surface area (Å²) in [7, 11) is 0. The largest absolute Gasteiger partial charge is 0.389 e. The van der Waals surface area contributed by atoms with Gasteiger partial charge in [-0.2, -0.15) is 0 Å². The highest BCUT2D eigenvalue weighted by Crippen LogP contribution is 2.39. The predicted molar refractivity (Wildman–Crippen MR) is 70.9 cm³/mol. The van der Waals surface area contributed by atoms with Crippen LogP contribution in [0.15, 0.2) is 18.5 Å². The summed E-state index contributed by atoms with van der Waals surface area (Å²) in [5.41, 5.74) is -0.168. The van der Waals surface area contributed by atoms with Crippen molar-refractivity contribution >= 4 is 0 Å². The van der Waals surface area contributed by atoms with Gasteiger partial charge in [-0.05, 0) is 37.2 Å². The average Bonchev–Trinajstić information content (AvgIpc) is 2.35. The minimum atomic E-state index is -0.551. The van der Waals surface area contributed by atoms with Gasteiger partial charge in [0.05, 0.1) is 12.1 Å². The molecule has 0 saturated heterocycles. The zero-order valence-corrected chi connectivity index (χ0v) is 11.3. The number of nitrogens with zero attached hydrogens (tertiary/aromatic N) is 2. The quantitative estimate of drug-likeness (QED) is 0.855. The van der Waals surface area contributed by atoms with Gasteiger partial charge in [0, 0.05) is 18.9 Å². The Morgan fingerprint density at radius 1 is 1.17 bits per heavy atom. The van der Waals surface area contributed by atoms with E-state index in [-0.39, 0.29) is 0 Å². The van der Waals surface area contributed by atoms with Crippen LogP contribution in [-0.4, -0.2) is 27.2 Å². The summed E-state index contributed by atoms with van der Waals surface area (Å²) in [6.07, 6.45) is 7.41. The zero-order valence-electron chi connectivity index (χ0n) is 11.3. The standard InChI is InChI=1S/C14H23N3O/c1-13(2)4-6-14(18,7-5-13)11-15-10-12-16-8-3-9-17-12/h3,8-9,15,18H,4-7,10-11H2,1-2H3. The van der Waals surface area contributed by atoms with Crippen LogP contribution in [0.1, 0.15) is 45.4 Å². The van der Waals surface area contributed by atoms with Crippen LogP contribution < -0.4 is 5.32 Å². The number of aromatic nitrogens is 2. The second kappa shape index (κ2) is 5.33. The van der Waals surface area contributed by atoms with E-state index in [1.807, 2.05) is 0 Å². The van der Waals surface area contributed by atoms with Gasteiger partial charge in [-0.1, -0.05) is 13.8 Å². The van der Waals surface area contributed by atoms with E-state index in [9.17, 15) is 5.11 Å². The molecular formula is C14H23N3O. The van der Waals surface area contributed by atoms with E-state index in [2.05, 4.69) is 29.1 Å². The van der Waals surface area contributed by atoms with Crippen molar-refractivity contribution in [3.63, 3.8) is 0 Å². The van der Waals surface area contributed by atoms with Gasteiger partial charge in [-0.25, -0.2) is 9.97 Å². The summed E-state index contributed by atoms with van der Waals surface area (Å²) in [4.78, 5) is 8.30. The van der Waals surface area contributed by atoms with Crippen LogP contribution in [0.2, 0.25) is 0 Å². The van der Waals surface area contributed by atoms with Crippen LogP contribution in [0.5, 0.6) is 0 Å². The Kier molecular flexibility index (Phi) is 3.97. The lowest BCUT2D eigenvalue weighted by Crippen LogP contribution is -2.45. The van der Waals surface area contributed by atoms with Gasteiger partial charge in [0.2, 0.25) is 0 Å². The number of hydrogen-bond donors (Lipinski definition) is 2. The number of rotatable bonds is 4. The molecule has 0 unspecified atom stereocenters. The Bertz CT molecular complexity index is 368. The van der Waals surface area contributed by atoms with Crippen molar-refractivity contribution in [2.45, 2.75) is 51.7 Å². The fourth-order valence-electron chi connectivity index (χ4n) is 2.40. The molecule has 2 rings (SSSR count). The highest BCUT2D eigenvalue weighted by molar-refractivity contribution is 4.92. The molecule has 1 aliphatic rings. The van der Waals surface area contributed by atoms with Gasteiger partial charge in [-0.15, -0.1) is 0 Å². The lowest BCUT2D eigenvalue weighted by Gasteiger charge is -2.40. The molecule has 0 radical (unpaired) electrons. The fourth-order valence-corrected chi connectivity index (χ4v) is 2.40. The van der Waals surface area contributed by atoms with E-state index in [1.54, 1.807) is 18.5 Å². The Morgan fingerprint density at radius 3 is 2.39 bits per heavy atom.